The first-order valence-corrected chi connectivity index (χ1v) is 11.5. The maximum absolute atomic E-state index is 13.3. The monoisotopic (exact) mass is 467 g/mol. The second kappa shape index (κ2) is 8.12. The molecule has 2 aliphatic rings. The normalized spacial score (nSPS) is 21.7. The van der Waals surface area contributed by atoms with E-state index in [0.717, 1.165) is 70.8 Å². The van der Waals surface area contributed by atoms with Gasteiger partial charge in [-0.1, -0.05) is 15.9 Å². The summed E-state index contributed by atoms with van der Waals surface area (Å²) in [5.74, 6) is 0.359. The van der Waals surface area contributed by atoms with Crippen LogP contribution in [0.15, 0.2) is 41.3 Å². The van der Waals surface area contributed by atoms with Gasteiger partial charge in [-0.25, -0.2) is 0 Å². The van der Waals surface area contributed by atoms with E-state index in [1.54, 1.807) is 6.20 Å². The Morgan fingerprint density at radius 2 is 1.97 bits per heavy atom. The third-order valence-corrected chi connectivity index (χ3v) is 6.98. The van der Waals surface area contributed by atoms with Gasteiger partial charge in [0.1, 0.15) is 0 Å². The maximum Gasteiger partial charge on any atom is 0.169 e. The first kappa shape index (κ1) is 19.7. The fraction of sp³-hybridized carbons (Fsp3) is 0.435. The number of anilines is 2. The second-order valence-electron chi connectivity index (χ2n) is 8.44. The Hall–Kier alpha value is -2.25. The van der Waals surface area contributed by atoms with Gasteiger partial charge in [0.25, 0.3) is 0 Å². The standard InChI is InChI=1S/C23H26BrN5O/c1-25-16-5-7-17(8-6-16)29(18-11-27-28-12-18)22-19-10-15(24)4-9-21(19)26-13-20(22)23(30)14-2-3-14/h4,9-14,16-17,25H,2-3,5-8H2,1H3,(H,27,28). The van der Waals surface area contributed by atoms with Gasteiger partial charge in [-0.2, -0.15) is 5.10 Å². The molecule has 156 valence electrons. The third-order valence-electron chi connectivity index (χ3n) is 6.49. The van der Waals surface area contributed by atoms with E-state index >= 15 is 0 Å². The predicted octanol–water partition coefficient (Wildman–Crippen LogP) is 4.98. The topological polar surface area (TPSA) is 73.9 Å². The van der Waals surface area contributed by atoms with Gasteiger partial charge in [-0.15, -0.1) is 0 Å². The van der Waals surface area contributed by atoms with E-state index in [0.29, 0.717) is 12.1 Å². The highest BCUT2D eigenvalue weighted by molar-refractivity contribution is 9.10. The molecule has 0 bridgehead atoms. The average molecular weight is 468 g/mol. The molecule has 1 aromatic carbocycles. The fourth-order valence-corrected chi connectivity index (χ4v) is 5.04. The number of hydrogen-bond acceptors (Lipinski definition) is 5. The van der Waals surface area contributed by atoms with Gasteiger partial charge < -0.3 is 10.2 Å². The van der Waals surface area contributed by atoms with E-state index < -0.39 is 0 Å². The lowest BCUT2D eigenvalue weighted by Crippen LogP contribution is -2.40. The summed E-state index contributed by atoms with van der Waals surface area (Å²) < 4.78 is 0.986. The van der Waals surface area contributed by atoms with Gasteiger partial charge in [0, 0.05) is 40.3 Å². The summed E-state index contributed by atoms with van der Waals surface area (Å²) in [6, 6.07) is 6.97. The number of ketones is 1. The average Bonchev–Trinajstić information content (AvgIpc) is 3.49. The van der Waals surface area contributed by atoms with Crippen molar-refractivity contribution in [2.45, 2.75) is 50.6 Å². The molecule has 0 unspecified atom stereocenters. The molecule has 6 nitrogen and oxygen atoms in total. The Bertz CT molecular complexity index is 1050. The zero-order valence-electron chi connectivity index (χ0n) is 17.1. The highest BCUT2D eigenvalue weighted by atomic mass is 79.9. The molecule has 0 amide bonds. The minimum Gasteiger partial charge on any atom is -0.335 e. The number of carbonyl (C=O) groups is 1. The van der Waals surface area contributed by atoms with Crippen molar-refractivity contribution in [3.05, 3.63) is 46.8 Å². The number of fused-ring (bicyclic) bond motifs is 1. The molecule has 3 aromatic rings. The molecule has 2 aliphatic carbocycles. The van der Waals surface area contributed by atoms with Crippen LogP contribution in [0.5, 0.6) is 0 Å². The lowest BCUT2D eigenvalue weighted by atomic mass is 9.89. The van der Waals surface area contributed by atoms with Crippen LogP contribution in [0.25, 0.3) is 10.9 Å². The summed E-state index contributed by atoms with van der Waals surface area (Å²) in [5, 5.41) is 11.6. The highest BCUT2D eigenvalue weighted by Gasteiger charge is 2.36. The number of carbonyl (C=O) groups excluding carboxylic acids is 1. The second-order valence-corrected chi connectivity index (χ2v) is 9.36. The number of halogens is 1. The molecule has 2 heterocycles. The number of H-pyrrole nitrogens is 1. The Morgan fingerprint density at radius 1 is 1.17 bits per heavy atom. The summed E-state index contributed by atoms with van der Waals surface area (Å²) in [6.45, 7) is 0. The summed E-state index contributed by atoms with van der Waals surface area (Å²) in [6.07, 6.45) is 11.9. The SMILES string of the molecule is CNC1CCC(N(c2cn[nH]c2)c2c(C(=O)C3CC3)cnc3ccc(Br)cc23)CC1. The number of aromatic nitrogens is 3. The quantitative estimate of drug-likeness (QED) is 0.499. The van der Waals surface area contributed by atoms with E-state index in [-0.39, 0.29) is 11.7 Å². The fourth-order valence-electron chi connectivity index (χ4n) is 4.68. The number of rotatable bonds is 6. The number of nitrogens with one attached hydrogen (secondary N) is 2. The molecular weight excluding hydrogens is 442 g/mol. The van der Waals surface area contributed by atoms with Crippen molar-refractivity contribution in [3.63, 3.8) is 0 Å². The van der Waals surface area contributed by atoms with E-state index in [9.17, 15) is 4.79 Å². The number of aromatic amines is 1. The molecule has 5 rings (SSSR count). The highest BCUT2D eigenvalue weighted by Crippen LogP contribution is 2.43. The molecule has 2 saturated carbocycles. The van der Waals surface area contributed by atoms with Crippen LogP contribution in [0.4, 0.5) is 11.4 Å². The van der Waals surface area contributed by atoms with Gasteiger partial charge >= 0.3 is 0 Å². The summed E-state index contributed by atoms with van der Waals surface area (Å²) >= 11 is 3.62. The number of hydrogen-bond donors (Lipinski definition) is 2. The molecule has 2 N–H and O–H groups in total. The molecule has 0 spiro atoms. The van der Waals surface area contributed by atoms with Crippen LogP contribution < -0.4 is 10.2 Å². The van der Waals surface area contributed by atoms with Crippen molar-refractivity contribution >= 4 is 44.0 Å². The van der Waals surface area contributed by atoms with E-state index in [4.69, 9.17) is 0 Å². The molecule has 2 fully saturated rings. The van der Waals surface area contributed by atoms with Crippen molar-refractivity contribution in [1.82, 2.24) is 20.5 Å². The van der Waals surface area contributed by atoms with Crippen molar-refractivity contribution < 1.29 is 4.79 Å². The predicted molar refractivity (Wildman–Crippen MR) is 122 cm³/mol. The van der Waals surface area contributed by atoms with Gasteiger partial charge in [0.05, 0.1) is 28.7 Å². The summed E-state index contributed by atoms with van der Waals surface area (Å²) in [5.41, 5.74) is 3.62. The smallest absolute Gasteiger partial charge is 0.169 e. The van der Waals surface area contributed by atoms with E-state index in [2.05, 4.69) is 47.4 Å². The number of nitrogens with zero attached hydrogens (tertiary/aromatic N) is 3. The van der Waals surface area contributed by atoms with Crippen LogP contribution in [-0.2, 0) is 0 Å². The third kappa shape index (κ3) is 3.65. The number of benzene rings is 1. The maximum atomic E-state index is 13.3. The molecule has 30 heavy (non-hydrogen) atoms. The molecule has 0 aliphatic heterocycles. The Balaban J connectivity index is 1.69. The zero-order chi connectivity index (χ0) is 20.7. The van der Waals surface area contributed by atoms with Crippen molar-refractivity contribution in [3.8, 4) is 0 Å². The zero-order valence-corrected chi connectivity index (χ0v) is 18.7. The first-order chi connectivity index (χ1) is 14.7. The van der Waals surface area contributed by atoms with Crippen LogP contribution >= 0.6 is 15.9 Å². The Morgan fingerprint density at radius 3 is 2.63 bits per heavy atom. The molecule has 0 saturated heterocycles. The number of pyridine rings is 1. The molecule has 0 radical (unpaired) electrons. The van der Waals surface area contributed by atoms with Gasteiger partial charge in [-0.3, -0.25) is 14.9 Å². The summed E-state index contributed by atoms with van der Waals surface area (Å²) in [4.78, 5) is 20.3. The van der Waals surface area contributed by atoms with Gasteiger partial charge in [0.15, 0.2) is 5.78 Å². The minimum absolute atomic E-state index is 0.140. The summed E-state index contributed by atoms with van der Waals surface area (Å²) in [7, 11) is 2.04. The molecule has 7 heteroatoms. The van der Waals surface area contributed by atoms with Crippen LogP contribution in [0, 0.1) is 5.92 Å². The lowest BCUT2D eigenvalue weighted by Gasteiger charge is -2.39. The molecular formula is C23H26BrN5O. The van der Waals surface area contributed by atoms with Gasteiger partial charge in [-0.05, 0) is 63.8 Å². The van der Waals surface area contributed by atoms with Crippen LogP contribution in [0.3, 0.4) is 0 Å². The van der Waals surface area contributed by atoms with Crippen LogP contribution in [-0.4, -0.2) is 40.1 Å². The Labute approximate surface area is 184 Å². The minimum atomic E-state index is 0.140. The van der Waals surface area contributed by atoms with E-state index in [1.807, 2.05) is 31.6 Å². The van der Waals surface area contributed by atoms with Crippen molar-refractivity contribution in [2.24, 2.45) is 5.92 Å². The van der Waals surface area contributed by atoms with E-state index in [1.165, 1.54) is 0 Å². The van der Waals surface area contributed by atoms with Crippen LogP contribution in [0.2, 0.25) is 0 Å². The molecule has 0 atom stereocenters. The lowest BCUT2D eigenvalue weighted by molar-refractivity contribution is 0.0968. The first-order valence-electron chi connectivity index (χ1n) is 10.7. The Kier molecular flexibility index (Phi) is 5.33. The number of Topliss-reactive ketones (excluding diaryl/α,β-unsaturated/α-hetero) is 1. The van der Waals surface area contributed by atoms with Crippen molar-refractivity contribution in [2.75, 3.05) is 11.9 Å². The van der Waals surface area contributed by atoms with Crippen molar-refractivity contribution in [1.29, 1.82) is 0 Å². The van der Waals surface area contributed by atoms with Gasteiger partial charge in [0.2, 0.25) is 0 Å². The largest absolute Gasteiger partial charge is 0.335 e. The van der Waals surface area contributed by atoms with Crippen LogP contribution in [0.1, 0.15) is 48.9 Å². The molecule has 2 aromatic heterocycles.